The van der Waals surface area contributed by atoms with Crippen LogP contribution in [0.25, 0.3) is 0 Å². The molecule has 0 radical (unpaired) electrons. The molecule has 1 aliphatic carbocycles. The predicted octanol–water partition coefficient (Wildman–Crippen LogP) is 3.48. The number of amides is 5. The van der Waals surface area contributed by atoms with Crippen LogP contribution >= 0.6 is 0 Å². The average Bonchev–Trinajstić information content (AvgIpc) is 3.06. The smallest absolute Gasteiger partial charge is 0.325 e. The third-order valence-electron chi connectivity index (χ3n) is 7.18. The molecule has 0 unspecified atom stereocenters. The predicted molar refractivity (Wildman–Crippen MR) is 135 cm³/mol. The molecular formula is C27H33N5O4. The molecule has 36 heavy (non-hydrogen) atoms. The maximum absolute atomic E-state index is 13.2. The second kappa shape index (κ2) is 10.1. The van der Waals surface area contributed by atoms with E-state index in [0.29, 0.717) is 30.0 Å². The fourth-order valence-electron chi connectivity index (χ4n) is 4.99. The highest BCUT2D eigenvalue weighted by Crippen LogP contribution is 2.43. The minimum Gasteiger partial charge on any atom is -0.346 e. The van der Waals surface area contributed by atoms with E-state index in [9.17, 15) is 19.2 Å². The van der Waals surface area contributed by atoms with Crippen molar-refractivity contribution < 1.29 is 19.2 Å². The van der Waals surface area contributed by atoms with Crippen molar-refractivity contribution in [2.24, 2.45) is 11.3 Å². The molecule has 1 saturated carbocycles. The lowest BCUT2D eigenvalue weighted by molar-refractivity contribution is -0.135. The molecule has 2 heterocycles. The van der Waals surface area contributed by atoms with Crippen LogP contribution in [0.1, 0.15) is 62.5 Å². The summed E-state index contributed by atoms with van der Waals surface area (Å²) < 4.78 is 0. The molecule has 2 fully saturated rings. The molecule has 5 amide bonds. The molecule has 1 aromatic carbocycles. The Bertz CT molecular complexity index is 1150. The highest BCUT2D eigenvalue weighted by atomic mass is 16.2. The SMILES string of the molecule is CC(C)(C)C1CCC2(CC1)NC(=O)N(CC(=O)Nc1cccc(C(=O)NCc3ccccn3)c1)C2=O. The molecule has 1 spiro atoms. The van der Waals surface area contributed by atoms with E-state index in [1.807, 2.05) is 12.1 Å². The summed E-state index contributed by atoms with van der Waals surface area (Å²) in [6.07, 6.45) is 4.51. The number of benzene rings is 1. The molecule has 0 bridgehead atoms. The first-order valence-corrected chi connectivity index (χ1v) is 12.3. The van der Waals surface area contributed by atoms with Gasteiger partial charge in [-0.2, -0.15) is 0 Å². The highest BCUT2D eigenvalue weighted by Gasteiger charge is 2.53. The van der Waals surface area contributed by atoms with Gasteiger partial charge in [-0.3, -0.25) is 24.3 Å². The van der Waals surface area contributed by atoms with Gasteiger partial charge in [-0.05, 0) is 67.3 Å². The van der Waals surface area contributed by atoms with E-state index in [1.165, 1.54) is 0 Å². The van der Waals surface area contributed by atoms with Crippen LogP contribution in [0.3, 0.4) is 0 Å². The van der Waals surface area contributed by atoms with Crippen LogP contribution in [0.4, 0.5) is 10.5 Å². The van der Waals surface area contributed by atoms with Gasteiger partial charge in [0.25, 0.3) is 11.8 Å². The molecule has 2 aliphatic rings. The Labute approximate surface area is 211 Å². The minimum absolute atomic E-state index is 0.150. The number of aromatic nitrogens is 1. The number of carbonyl (C=O) groups is 4. The number of urea groups is 1. The standard InChI is InChI=1S/C27H33N5O4/c1-26(2,3)19-10-12-27(13-11-19)24(35)32(25(36)31-27)17-22(33)30-20-9-6-7-18(15-20)23(34)29-16-21-8-4-5-14-28-21/h4-9,14-15,19H,10-13,16-17H2,1-3H3,(H,29,34)(H,30,33)(H,31,36). The maximum atomic E-state index is 13.2. The lowest BCUT2D eigenvalue weighted by atomic mass is 9.67. The molecule has 190 valence electrons. The number of pyridine rings is 1. The zero-order valence-electron chi connectivity index (χ0n) is 21.0. The van der Waals surface area contributed by atoms with Crippen molar-refractivity contribution >= 4 is 29.4 Å². The van der Waals surface area contributed by atoms with E-state index in [4.69, 9.17) is 0 Å². The zero-order chi connectivity index (χ0) is 25.9. The Hall–Kier alpha value is -3.75. The Morgan fingerprint density at radius 1 is 1.11 bits per heavy atom. The maximum Gasteiger partial charge on any atom is 0.325 e. The van der Waals surface area contributed by atoms with E-state index < -0.39 is 17.5 Å². The number of hydrogen-bond acceptors (Lipinski definition) is 5. The molecule has 4 rings (SSSR count). The van der Waals surface area contributed by atoms with E-state index >= 15 is 0 Å². The van der Waals surface area contributed by atoms with Crippen LogP contribution in [-0.4, -0.2) is 45.7 Å². The normalized spacial score (nSPS) is 21.9. The number of anilines is 1. The summed E-state index contributed by atoms with van der Waals surface area (Å²) in [5.74, 6) is -0.667. The van der Waals surface area contributed by atoms with Crippen LogP contribution in [0.5, 0.6) is 0 Å². The molecule has 1 aromatic heterocycles. The summed E-state index contributed by atoms with van der Waals surface area (Å²) >= 11 is 0. The Morgan fingerprint density at radius 2 is 1.86 bits per heavy atom. The van der Waals surface area contributed by atoms with E-state index in [0.717, 1.165) is 23.4 Å². The molecular weight excluding hydrogens is 458 g/mol. The second-order valence-electron chi connectivity index (χ2n) is 10.7. The quantitative estimate of drug-likeness (QED) is 0.535. The first kappa shape index (κ1) is 25.3. The first-order chi connectivity index (χ1) is 17.1. The van der Waals surface area contributed by atoms with Gasteiger partial charge < -0.3 is 16.0 Å². The fraction of sp³-hybridized carbons (Fsp3) is 0.444. The number of nitrogens with one attached hydrogen (secondary N) is 3. The fourth-order valence-corrected chi connectivity index (χ4v) is 4.99. The summed E-state index contributed by atoms with van der Waals surface area (Å²) in [4.78, 5) is 56.2. The summed E-state index contributed by atoms with van der Waals surface area (Å²) in [6, 6.07) is 11.4. The van der Waals surface area contributed by atoms with Crippen molar-refractivity contribution in [3.63, 3.8) is 0 Å². The van der Waals surface area contributed by atoms with Crippen molar-refractivity contribution in [2.45, 2.75) is 58.5 Å². The molecule has 1 saturated heterocycles. The van der Waals surface area contributed by atoms with Crippen molar-refractivity contribution in [1.29, 1.82) is 0 Å². The lowest BCUT2D eigenvalue weighted by Gasteiger charge is -2.40. The average molecular weight is 492 g/mol. The molecule has 9 nitrogen and oxygen atoms in total. The van der Waals surface area contributed by atoms with Gasteiger partial charge in [0.1, 0.15) is 12.1 Å². The molecule has 9 heteroatoms. The van der Waals surface area contributed by atoms with Gasteiger partial charge in [-0.25, -0.2) is 4.79 Å². The first-order valence-electron chi connectivity index (χ1n) is 12.3. The number of carbonyl (C=O) groups excluding carboxylic acids is 4. The van der Waals surface area contributed by atoms with Crippen molar-refractivity contribution in [1.82, 2.24) is 20.5 Å². The topological polar surface area (TPSA) is 120 Å². The van der Waals surface area contributed by atoms with Crippen molar-refractivity contribution in [2.75, 3.05) is 11.9 Å². The van der Waals surface area contributed by atoms with Crippen LogP contribution in [0.15, 0.2) is 48.7 Å². The van der Waals surface area contributed by atoms with Crippen LogP contribution in [0.2, 0.25) is 0 Å². The summed E-state index contributed by atoms with van der Waals surface area (Å²) in [6.45, 7) is 6.48. The third-order valence-corrected chi connectivity index (χ3v) is 7.18. The highest BCUT2D eigenvalue weighted by molar-refractivity contribution is 6.10. The monoisotopic (exact) mass is 491 g/mol. The van der Waals surface area contributed by atoms with E-state index in [1.54, 1.807) is 36.5 Å². The number of nitrogens with zero attached hydrogens (tertiary/aromatic N) is 2. The summed E-state index contributed by atoms with van der Waals surface area (Å²) in [5, 5.41) is 8.34. The molecule has 1 aliphatic heterocycles. The lowest BCUT2D eigenvalue weighted by Crippen LogP contribution is -2.50. The molecule has 2 aromatic rings. The zero-order valence-corrected chi connectivity index (χ0v) is 21.0. The Balaban J connectivity index is 1.33. The number of rotatable bonds is 6. The second-order valence-corrected chi connectivity index (χ2v) is 10.7. The van der Waals surface area contributed by atoms with Gasteiger partial charge >= 0.3 is 6.03 Å². The van der Waals surface area contributed by atoms with Gasteiger partial charge in [0, 0.05) is 17.4 Å². The van der Waals surface area contributed by atoms with Gasteiger partial charge in [0.05, 0.1) is 12.2 Å². The summed E-state index contributed by atoms with van der Waals surface area (Å²) in [5.41, 5.74) is 0.737. The van der Waals surface area contributed by atoms with Crippen LogP contribution < -0.4 is 16.0 Å². The van der Waals surface area contributed by atoms with Crippen LogP contribution in [-0.2, 0) is 16.1 Å². The minimum atomic E-state index is -0.912. The Morgan fingerprint density at radius 3 is 2.53 bits per heavy atom. The van der Waals surface area contributed by atoms with E-state index in [2.05, 4.69) is 41.7 Å². The largest absolute Gasteiger partial charge is 0.346 e. The van der Waals surface area contributed by atoms with E-state index in [-0.39, 0.29) is 30.3 Å². The molecule has 0 atom stereocenters. The third kappa shape index (κ3) is 5.56. The van der Waals surface area contributed by atoms with Gasteiger partial charge in [0.15, 0.2) is 0 Å². The Kier molecular flexibility index (Phi) is 7.10. The van der Waals surface area contributed by atoms with Gasteiger partial charge in [-0.15, -0.1) is 0 Å². The van der Waals surface area contributed by atoms with Crippen LogP contribution in [0, 0.1) is 11.3 Å². The number of hydrogen-bond donors (Lipinski definition) is 3. The van der Waals surface area contributed by atoms with Crippen molar-refractivity contribution in [3.8, 4) is 0 Å². The number of imide groups is 1. The molecule has 3 N–H and O–H groups in total. The summed E-state index contributed by atoms with van der Waals surface area (Å²) in [7, 11) is 0. The van der Waals surface area contributed by atoms with Crippen molar-refractivity contribution in [3.05, 3.63) is 59.9 Å². The van der Waals surface area contributed by atoms with Gasteiger partial charge in [-0.1, -0.05) is 32.9 Å². The van der Waals surface area contributed by atoms with Gasteiger partial charge in [0.2, 0.25) is 5.91 Å².